The Morgan fingerprint density at radius 3 is 3.08 bits per heavy atom. The van der Waals surface area contributed by atoms with Gasteiger partial charge in [-0.3, -0.25) is 0 Å². The number of nitrogens with zero attached hydrogens (tertiary/aromatic N) is 1. The highest BCUT2D eigenvalue weighted by Crippen LogP contribution is 2.06. The van der Waals surface area contributed by atoms with Gasteiger partial charge >= 0.3 is 5.97 Å². The number of ether oxygens (including phenoxy) is 1. The van der Waals surface area contributed by atoms with Gasteiger partial charge in [0.15, 0.2) is 5.69 Å². The number of pyridine rings is 1. The number of methoxy groups -OCH3 is 1. The van der Waals surface area contributed by atoms with Gasteiger partial charge in [0, 0.05) is 6.20 Å². The lowest BCUT2D eigenvalue weighted by Crippen LogP contribution is -2.07. The highest BCUT2D eigenvalue weighted by Gasteiger charge is 2.10. The molecule has 0 spiro atoms. The largest absolute Gasteiger partial charge is 0.464 e. The van der Waals surface area contributed by atoms with E-state index in [0.29, 0.717) is 12.1 Å². The number of hydrogen-bond donors (Lipinski definition) is 0. The maximum absolute atomic E-state index is 11.1. The predicted molar refractivity (Wildman–Crippen MR) is 44.6 cm³/mol. The quantitative estimate of drug-likeness (QED) is 0.617. The number of esters is 1. The van der Waals surface area contributed by atoms with Gasteiger partial charge in [-0.15, -0.1) is 0 Å². The smallest absolute Gasteiger partial charge is 0.356 e. The number of carbonyl (C=O) groups excluding carboxylic acids is 1. The standard InChI is InChI=1S/C9H10NO2/c1-3-7-5-4-6-10-8(7)9(11)12-2/h4-6H,1,3H2,2H3. The highest BCUT2D eigenvalue weighted by atomic mass is 16.5. The molecule has 1 rings (SSSR count). The summed E-state index contributed by atoms with van der Waals surface area (Å²) in [6, 6.07) is 3.58. The molecule has 0 saturated heterocycles. The first-order valence-corrected chi connectivity index (χ1v) is 3.61. The van der Waals surface area contributed by atoms with Crippen LogP contribution in [0, 0.1) is 6.92 Å². The van der Waals surface area contributed by atoms with Gasteiger partial charge in [-0.05, 0) is 25.0 Å². The van der Waals surface area contributed by atoms with Crippen LogP contribution in [-0.4, -0.2) is 18.1 Å². The summed E-state index contributed by atoms with van der Waals surface area (Å²) in [7, 11) is 1.34. The summed E-state index contributed by atoms with van der Waals surface area (Å²) in [5.74, 6) is -0.408. The minimum Gasteiger partial charge on any atom is -0.464 e. The maximum atomic E-state index is 11.1. The van der Waals surface area contributed by atoms with E-state index in [0.717, 1.165) is 5.56 Å². The average Bonchev–Trinajstić information content (AvgIpc) is 2.16. The lowest BCUT2D eigenvalue weighted by molar-refractivity contribution is 0.0593. The molecule has 0 saturated carbocycles. The van der Waals surface area contributed by atoms with E-state index in [1.165, 1.54) is 7.11 Å². The Morgan fingerprint density at radius 1 is 1.75 bits per heavy atom. The second kappa shape index (κ2) is 3.85. The van der Waals surface area contributed by atoms with Gasteiger partial charge in [-0.25, -0.2) is 9.78 Å². The SMILES string of the molecule is [CH2]Cc1cccnc1C(=O)OC. The molecule has 1 radical (unpaired) electrons. The average molecular weight is 164 g/mol. The van der Waals surface area contributed by atoms with Crippen molar-refractivity contribution in [3.8, 4) is 0 Å². The fourth-order valence-electron chi connectivity index (χ4n) is 0.921. The van der Waals surface area contributed by atoms with Crippen LogP contribution >= 0.6 is 0 Å². The molecule has 0 aliphatic rings. The van der Waals surface area contributed by atoms with Crippen LogP contribution in [0.5, 0.6) is 0 Å². The molecule has 63 valence electrons. The topological polar surface area (TPSA) is 39.2 Å². The van der Waals surface area contributed by atoms with Crippen LogP contribution < -0.4 is 0 Å². The molecular weight excluding hydrogens is 154 g/mol. The van der Waals surface area contributed by atoms with Crippen molar-refractivity contribution < 1.29 is 9.53 Å². The van der Waals surface area contributed by atoms with Crippen LogP contribution in [0.2, 0.25) is 0 Å². The van der Waals surface area contributed by atoms with E-state index in [2.05, 4.69) is 16.6 Å². The Hall–Kier alpha value is -1.38. The lowest BCUT2D eigenvalue weighted by Gasteiger charge is -2.02. The molecule has 3 nitrogen and oxygen atoms in total. The molecule has 0 aliphatic carbocycles. The Labute approximate surface area is 71.4 Å². The summed E-state index contributed by atoms with van der Waals surface area (Å²) in [5.41, 5.74) is 1.17. The molecule has 1 aromatic heterocycles. The van der Waals surface area contributed by atoms with Crippen LogP contribution in [-0.2, 0) is 11.2 Å². The Bertz CT molecular complexity index is 284. The van der Waals surface area contributed by atoms with Crippen LogP contribution in [0.1, 0.15) is 16.1 Å². The van der Waals surface area contributed by atoms with Crippen molar-refractivity contribution in [1.82, 2.24) is 4.98 Å². The molecule has 0 N–H and O–H groups in total. The second-order valence-electron chi connectivity index (χ2n) is 2.25. The lowest BCUT2D eigenvalue weighted by atomic mass is 10.1. The third-order valence-corrected chi connectivity index (χ3v) is 1.54. The zero-order chi connectivity index (χ0) is 8.97. The Kier molecular flexibility index (Phi) is 2.80. The molecule has 0 amide bonds. The minimum atomic E-state index is -0.408. The van der Waals surface area contributed by atoms with Crippen LogP contribution in [0.25, 0.3) is 0 Å². The molecule has 0 bridgehead atoms. The van der Waals surface area contributed by atoms with Gasteiger partial charge in [0.25, 0.3) is 0 Å². The van der Waals surface area contributed by atoms with E-state index in [-0.39, 0.29) is 0 Å². The fraction of sp³-hybridized carbons (Fsp3) is 0.222. The maximum Gasteiger partial charge on any atom is 0.356 e. The normalized spacial score (nSPS) is 9.50. The van der Waals surface area contributed by atoms with Crippen molar-refractivity contribution in [3.63, 3.8) is 0 Å². The molecule has 0 fully saturated rings. The van der Waals surface area contributed by atoms with Gasteiger partial charge in [0.05, 0.1) is 7.11 Å². The first kappa shape index (κ1) is 8.71. The van der Waals surface area contributed by atoms with Gasteiger partial charge in [-0.2, -0.15) is 0 Å². The van der Waals surface area contributed by atoms with E-state index >= 15 is 0 Å². The number of hydrogen-bond acceptors (Lipinski definition) is 3. The zero-order valence-corrected chi connectivity index (χ0v) is 6.91. The molecule has 0 aromatic carbocycles. The fourth-order valence-corrected chi connectivity index (χ4v) is 0.921. The van der Waals surface area contributed by atoms with Crippen LogP contribution in [0.15, 0.2) is 18.3 Å². The summed E-state index contributed by atoms with van der Waals surface area (Å²) in [6.45, 7) is 3.69. The Balaban J connectivity index is 3.04. The van der Waals surface area contributed by atoms with Crippen molar-refractivity contribution in [2.24, 2.45) is 0 Å². The van der Waals surface area contributed by atoms with Crippen molar-refractivity contribution in [1.29, 1.82) is 0 Å². The van der Waals surface area contributed by atoms with Gasteiger partial charge in [0.1, 0.15) is 0 Å². The molecule has 3 heteroatoms. The molecule has 0 aliphatic heterocycles. The third kappa shape index (κ3) is 1.61. The summed E-state index contributed by atoms with van der Waals surface area (Å²) in [6.07, 6.45) is 2.10. The molecule has 0 atom stereocenters. The predicted octanol–water partition coefficient (Wildman–Crippen LogP) is 1.24. The molecule has 1 aromatic rings. The summed E-state index contributed by atoms with van der Waals surface area (Å²) in [4.78, 5) is 15.0. The van der Waals surface area contributed by atoms with E-state index in [1.54, 1.807) is 12.3 Å². The van der Waals surface area contributed by atoms with E-state index in [4.69, 9.17) is 0 Å². The molecular formula is C9H10NO2. The summed E-state index contributed by atoms with van der Waals surface area (Å²) >= 11 is 0. The second-order valence-corrected chi connectivity index (χ2v) is 2.25. The molecule has 0 unspecified atom stereocenters. The Morgan fingerprint density at radius 2 is 2.50 bits per heavy atom. The molecule has 12 heavy (non-hydrogen) atoms. The first-order chi connectivity index (χ1) is 5.79. The van der Waals surface area contributed by atoms with Gasteiger partial charge < -0.3 is 4.74 Å². The van der Waals surface area contributed by atoms with Crippen LogP contribution in [0.4, 0.5) is 0 Å². The zero-order valence-electron chi connectivity index (χ0n) is 6.91. The van der Waals surface area contributed by atoms with E-state index < -0.39 is 5.97 Å². The van der Waals surface area contributed by atoms with Gasteiger partial charge in [0.2, 0.25) is 0 Å². The van der Waals surface area contributed by atoms with E-state index in [1.807, 2.05) is 6.07 Å². The molecule has 1 heterocycles. The van der Waals surface area contributed by atoms with Crippen molar-refractivity contribution in [2.45, 2.75) is 6.42 Å². The van der Waals surface area contributed by atoms with E-state index in [9.17, 15) is 4.79 Å². The summed E-state index contributed by atoms with van der Waals surface area (Å²) < 4.78 is 4.55. The van der Waals surface area contributed by atoms with Crippen molar-refractivity contribution >= 4 is 5.97 Å². The summed E-state index contributed by atoms with van der Waals surface area (Å²) in [5, 5.41) is 0. The first-order valence-electron chi connectivity index (χ1n) is 3.61. The van der Waals surface area contributed by atoms with Crippen molar-refractivity contribution in [2.75, 3.05) is 7.11 Å². The number of rotatable bonds is 2. The van der Waals surface area contributed by atoms with Gasteiger partial charge in [-0.1, -0.05) is 6.07 Å². The third-order valence-electron chi connectivity index (χ3n) is 1.54. The number of aromatic nitrogens is 1. The highest BCUT2D eigenvalue weighted by molar-refractivity contribution is 5.88. The van der Waals surface area contributed by atoms with Crippen LogP contribution in [0.3, 0.4) is 0 Å². The monoisotopic (exact) mass is 164 g/mol. The van der Waals surface area contributed by atoms with Crippen molar-refractivity contribution in [3.05, 3.63) is 36.5 Å². The minimum absolute atomic E-state index is 0.356. The number of carbonyl (C=O) groups is 1.